The first kappa shape index (κ1) is 19.9. The molecule has 9 heteroatoms. The number of carbonyl (C=O) groups excluding carboxylic acids is 1. The number of rotatable bonds is 5. The second kappa shape index (κ2) is 7.43. The van der Waals surface area contributed by atoms with Crippen molar-refractivity contribution in [2.45, 2.75) is 30.7 Å². The highest BCUT2D eigenvalue weighted by Crippen LogP contribution is 2.21. The first-order valence-electron chi connectivity index (χ1n) is 8.04. The minimum absolute atomic E-state index is 0.187. The average molecular weight is 389 g/mol. The molecule has 1 saturated heterocycles. The zero-order chi connectivity index (χ0) is 18.8. The molecule has 2 atom stereocenters. The minimum Gasteiger partial charge on any atom is -0.349 e. The Bertz CT molecular complexity index is 832. The van der Waals surface area contributed by atoms with Crippen molar-refractivity contribution in [3.63, 3.8) is 0 Å². The largest absolute Gasteiger partial charge is 0.349 e. The van der Waals surface area contributed by atoms with E-state index in [0.29, 0.717) is 19.4 Å². The van der Waals surface area contributed by atoms with Crippen LogP contribution in [0.3, 0.4) is 0 Å². The predicted octanol–water partition coefficient (Wildman–Crippen LogP) is 0.939. The Morgan fingerprint density at radius 1 is 1.16 bits per heavy atom. The first-order valence-corrected chi connectivity index (χ1v) is 11.8. The van der Waals surface area contributed by atoms with E-state index in [1.807, 2.05) is 6.92 Å². The van der Waals surface area contributed by atoms with Crippen molar-refractivity contribution in [3.05, 3.63) is 29.8 Å². The molecule has 1 aliphatic rings. The number of amides is 1. The van der Waals surface area contributed by atoms with Gasteiger partial charge in [-0.25, -0.2) is 21.1 Å². The van der Waals surface area contributed by atoms with Crippen molar-refractivity contribution in [3.8, 4) is 0 Å². The highest BCUT2D eigenvalue weighted by atomic mass is 32.2. The van der Waals surface area contributed by atoms with E-state index in [-0.39, 0.29) is 29.3 Å². The molecule has 0 aromatic heterocycles. The highest BCUT2D eigenvalue weighted by Gasteiger charge is 2.30. The molecule has 0 saturated carbocycles. The molecule has 1 fully saturated rings. The van der Waals surface area contributed by atoms with E-state index in [9.17, 15) is 21.6 Å². The van der Waals surface area contributed by atoms with Gasteiger partial charge in [0, 0.05) is 19.3 Å². The lowest BCUT2D eigenvalue weighted by Gasteiger charge is -2.30. The normalized spacial score (nSPS) is 20.8. The predicted molar refractivity (Wildman–Crippen MR) is 95.3 cm³/mol. The Balaban J connectivity index is 2.02. The fraction of sp³-hybridized carbons (Fsp3) is 0.562. The molecule has 1 aromatic carbocycles. The Labute approximate surface area is 149 Å². The van der Waals surface area contributed by atoms with Crippen LogP contribution in [-0.4, -0.2) is 52.6 Å². The van der Waals surface area contributed by atoms with E-state index in [2.05, 4.69) is 5.32 Å². The SMILES string of the molecule is C[C@@H](NC(=O)[C@H]1CCCN(S(C)(=O)=O)C1)c1ccc(S(C)(=O)=O)cc1. The second-order valence-electron chi connectivity index (χ2n) is 6.53. The van der Waals surface area contributed by atoms with E-state index in [0.717, 1.165) is 18.1 Å². The molecule has 140 valence electrons. The number of carbonyl (C=O) groups is 1. The lowest BCUT2D eigenvalue weighted by atomic mass is 9.98. The van der Waals surface area contributed by atoms with E-state index in [1.165, 1.54) is 16.4 Å². The van der Waals surface area contributed by atoms with E-state index in [4.69, 9.17) is 0 Å². The highest BCUT2D eigenvalue weighted by molar-refractivity contribution is 7.90. The molecule has 0 radical (unpaired) electrons. The summed E-state index contributed by atoms with van der Waals surface area (Å²) in [5, 5.41) is 2.89. The van der Waals surface area contributed by atoms with Crippen LogP contribution >= 0.6 is 0 Å². The number of piperidine rings is 1. The summed E-state index contributed by atoms with van der Waals surface area (Å²) in [7, 11) is -6.55. The summed E-state index contributed by atoms with van der Waals surface area (Å²) in [5.74, 6) is -0.561. The molecule has 7 nitrogen and oxygen atoms in total. The summed E-state index contributed by atoms with van der Waals surface area (Å²) in [6.07, 6.45) is 3.60. The van der Waals surface area contributed by atoms with Crippen LogP contribution in [0.1, 0.15) is 31.4 Å². The number of nitrogens with one attached hydrogen (secondary N) is 1. The van der Waals surface area contributed by atoms with Gasteiger partial charge in [0.05, 0.1) is 23.1 Å². The monoisotopic (exact) mass is 388 g/mol. The lowest BCUT2D eigenvalue weighted by Crippen LogP contribution is -2.45. The maximum Gasteiger partial charge on any atom is 0.224 e. The second-order valence-corrected chi connectivity index (χ2v) is 10.5. The van der Waals surface area contributed by atoms with Crippen LogP contribution in [0, 0.1) is 5.92 Å². The summed E-state index contributed by atoms with van der Waals surface area (Å²) < 4.78 is 47.6. The lowest BCUT2D eigenvalue weighted by molar-refractivity contribution is -0.126. The van der Waals surface area contributed by atoms with Gasteiger partial charge in [-0.2, -0.15) is 0 Å². The fourth-order valence-corrected chi connectivity index (χ4v) is 4.42. The van der Waals surface area contributed by atoms with Gasteiger partial charge in [-0.3, -0.25) is 4.79 Å². The third-order valence-electron chi connectivity index (χ3n) is 4.39. The van der Waals surface area contributed by atoms with Crippen molar-refractivity contribution in [2.24, 2.45) is 5.92 Å². The van der Waals surface area contributed by atoms with Gasteiger partial charge in [-0.1, -0.05) is 12.1 Å². The Morgan fingerprint density at radius 3 is 2.28 bits per heavy atom. The smallest absolute Gasteiger partial charge is 0.224 e. The summed E-state index contributed by atoms with van der Waals surface area (Å²) in [6, 6.07) is 6.07. The Hall–Kier alpha value is -1.45. The Morgan fingerprint density at radius 2 is 1.76 bits per heavy atom. The van der Waals surface area contributed by atoms with Crippen LogP contribution in [-0.2, 0) is 24.7 Å². The molecule has 0 unspecified atom stereocenters. The van der Waals surface area contributed by atoms with Crippen molar-refractivity contribution in [1.29, 1.82) is 0 Å². The van der Waals surface area contributed by atoms with Gasteiger partial charge < -0.3 is 5.32 Å². The molecule has 2 rings (SSSR count). The molecular weight excluding hydrogens is 364 g/mol. The first-order chi connectivity index (χ1) is 11.5. The number of hydrogen-bond donors (Lipinski definition) is 1. The number of hydrogen-bond acceptors (Lipinski definition) is 5. The average Bonchev–Trinajstić information content (AvgIpc) is 2.53. The number of sulfonamides is 1. The van der Waals surface area contributed by atoms with Crippen LogP contribution in [0.2, 0.25) is 0 Å². The van der Waals surface area contributed by atoms with Crippen molar-refractivity contribution >= 4 is 25.8 Å². The molecule has 1 heterocycles. The zero-order valence-corrected chi connectivity index (χ0v) is 16.2. The number of benzene rings is 1. The van der Waals surface area contributed by atoms with Crippen molar-refractivity contribution in [1.82, 2.24) is 9.62 Å². The zero-order valence-electron chi connectivity index (χ0n) is 14.6. The maximum absolute atomic E-state index is 12.5. The maximum atomic E-state index is 12.5. The summed E-state index contributed by atoms with van der Waals surface area (Å²) in [4.78, 5) is 12.7. The van der Waals surface area contributed by atoms with Gasteiger partial charge in [0.25, 0.3) is 0 Å². The summed E-state index contributed by atoms with van der Waals surface area (Å²) >= 11 is 0. The Kier molecular flexibility index (Phi) is 5.90. The van der Waals surface area contributed by atoms with E-state index < -0.39 is 19.9 Å². The van der Waals surface area contributed by atoms with Crippen LogP contribution in [0.15, 0.2) is 29.2 Å². The number of nitrogens with zero attached hydrogens (tertiary/aromatic N) is 1. The summed E-state index contributed by atoms with van der Waals surface area (Å²) in [6.45, 7) is 2.46. The molecule has 1 aromatic rings. The fourth-order valence-electron chi connectivity index (χ4n) is 2.88. The molecule has 1 N–H and O–H groups in total. The van der Waals surface area contributed by atoms with Gasteiger partial charge in [-0.05, 0) is 37.5 Å². The topological polar surface area (TPSA) is 101 Å². The minimum atomic E-state index is -3.30. The molecule has 25 heavy (non-hydrogen) atoms. The standard InChI is InChI=1S/C16H24N2O5S2/c1-12(13-6-8-15(9-7-13)24(2,20)21)17-16(19)14-5-4-10-18(11-14)25(3,22)23/h6-9,12,14H,4-5,10-11H2,1-3H3,(H,17,19)/t12-,14+/m1/s1. The van der Waals surface area contributed by atoms with Crippen LogP contribution in [0.5, 0.6) is 0 Å². The quantitative estimate of drug-likeness (QED) is 0.809. The van der Waals surface area contributed by atoms with Gasteiger partial charge in [0.1, 0.15) is 0 Å². The molecular formula is C16H24N2O5S2. The van der Waals surface area contributed by atoms with Crippen molar-refractivity contribution < 1.29 is 21.6 Å². The molecule has 0 bridgehead atoms. The van der Waals surface area contributed by atoms with Gasteiger partial charge in [0.2, 0.25) is 15.9 Å². The summed E-state index contributed by atoms with van der Waals surface area (Å²) in [5.41, 5.74) is 0.788. The molecule has 1 aliphatic heterocycles. The van der Waals surface area contributed by atoms with E-state index >= 15 is 0 Å². The van der Waals surface area contributed by atoms with E-state index in [1.54, 1.807) is 12.1 Å². The third kappa shape index (κ3) is 5.26. The van der Waals surface area contributed by atoms with Gasteiger partial charge in [0.15, 0.2) is 9.84 Å². The van der Waals surface area contributed by atoms with Crippen LogP contribution < -0.4 is 5.32 Å². The number of sulfone groups is 1. The molecule has 1 amide bonds. The van der Waals surface area contributed by atoms with Crippen LogP contribution in [0.4, 0.5) is 0 Å². The molecule has 0 spiro atoms. The molecule has 0 aliphatic carbocycles. The third-order valence-corrected chi connectivity index (χ3v) is 6.79. The van der Waals surface area contributed by atoms with Crippen molar-refractivity contribution in [2.75, 3.05) is 25.6 Å². The van der Waals surface area contributed by atoms with Crippen LogP contribution in [0.25, 0.3) is 0 Å². The van der Waals surface area contributed by atoms with Gasteiger partial charge >= 0.3 is 0 Å². The van der Waals surface area contributed by atoms with Gasteiger partial charge in [-0.15, -0.1) is 0 Å².